The summed E-state index contributed by atoms with van der Waals surface area (Å²) in [6, 6.07) is 2.10. The molecule has 1 aliphatic heterocycles. The third-order valence-corrected chi connectivity index (χ3v) is 11.2. The number of rotatable bonds is 5. The quantitative estimate of drug-likeness (QED) is 0.438. The van der Waals surface area contributed by atoms with Gasteiger partial charge in [0, 0.05) is 34.8 Å². The molecular weight excluding hydrogens is 448 g/mol. The molecule has 0 radical (unpaired) electrons. The average molecular weight is 486 g/mol. The summed E-state index contributed by atoms with van der Waals surface area (Å²) in [6.45, 7) is 20.4. The van der Waals surface area contributed by atoms with Crippen molar-refractivity contribution in [3.05, 3.63) is 22.3 Å². The van der Waals surface area contributed by atoms with Crippen molar-refractivity contribution in [2.45, 2.75) is 90.5 Å². The van der Waals surface area contributed by atoms with Crippen molar-refractivity contribution >= 4 is 36.2 Å². The average Bonchev–Trinajstić information content (AvgIpc) is 2.87. The molecule has 2 rings (SSSR count). The van der Waals surface area contributed by atoms with Gasteiger partial charge in [-0.15, -0.1) is 0 Å². The summed E-state index contributed by atoms with van der Waals surface area (Å²) < 4.78 is 13.1. The molecule has 164 valence electrons. The number of carbonyl (C=O) groups is 1. The highest BCUT2D eigenvalue weighted by atomic mass is 79.9. The van der Waals surface area contributed by atoms with Crippen molar-refractivity contribution in [2.24, 2.45) is 0 Å². The number of amides is 1. The lowest BCUT2D eigenvalue weighted by Crippen LogP contribution is -2.43. The van der Waals surface area contributed by atoms with Crippen LogP contribution in [0, 0.1) is 0 Å². The topological polar surface area (TPSA) is 51.7 Å². The maximum atomic E-state index is 12.9. The Kier molecular flexibility index (Phi) is 6.98. The van der Waals surface area contributed by atoms with E-state index < -0.39 is 13.9 Å². The largest absolute Gasteiger partial charge is 0.443 e. The first-order valence-electron chi connectivity index (χ1n) is 10.4. The standard InChI is InChI=1S/C22H37BrN2O3Si/c1-10-22(11-12-27-29(8,9)21(5,6)7)15-25(19(26)28-20(2,3)4)18-17(22)13-16(23)14-24-18/h13-14H,10-12,15H2,1-9H3. The molecule has 0 bridgehead atoms. The van der Waals surface area contributed by atoms with E-state index in [1.807, 2.05) is 20.8 Å². The fourth-order valence-electron chi connectivity index (χ4n) is 3.38. The minimum atomic E-state index is -1.83. The Balaban J connectivity index is 2.30. The first-order valence-corrected chi connectivity index (χ1v) is 14.1. The van der Waals surface area contributed by atoms with E-state index in [-0.39, 0.29) is 16.5 Å². The van der Waals surface area contributed by atoms with Gasteiger partial charge in [0.15, 0.2) is 8.32 Å². The molecule has 5 nitrogen and oxygen atoms in total. The van der Waals surface area contributed by atoms with Crippen molar-refractivity contribution in [2.75, 3.05) is 18.1 Å². The lowest BCUT2D eigenvalue weighted by atomic mass is 9.78. The van der Waals surface area contributed by atoms with Crippen LogP contribution in [0.25, 0.3) is 0 Å². The molecule has 1 aromatic heterocycles. The monoisotopic (exact) mass is 484 g/mol. The van der Waals surface area contributed by atoms with Gasteiger partial charge < -0.3 is 9.16 Å². The van der Waals surface area contributed by atoms with Crippen molar-refractivity contribution in [3.8, 4) is 0 Å². The van der Waals surface area contributed by atoms with E-state index >= 15 is 0 Å². The van der Waals surface area contributed by atoms with Crippen LogP contribution >= 0.6 is 15.9 Å². The van der Waals surface area contributed by atoms with Crippen LogP contribution in [0.5, 0.6) is 0 Å². The number of fused-ring (bicyclic) bond motifs is 1. The summed E-state index contributed by atoms with van der Waals surface area (Å²) in [7, 11) is -1.83. The number of ether oxygens (including phenoxy) is 1. The van der Waals surface area contributed by atoms with Crippen LogP contribution in [0.1, 0.15) is 66.9 Å². The smallest absolute Gasteiger partial charge is 0.416 e. The maximum Gasteiger partial charge on any atom is 0.416 e. The zero-order valence-electron chi connectivity index (χ0n) is 19.5. The Hall–Kier alpha value is -0.923. The molecule has 0 aromatic carbocycles. The van der Waals surface area contributed by atoms with Crippen LogP contribution in [0.3, 0.4) is 0 Å². The van der Waals surface area contributed by atoms with Gasteiger partial charge >= 0.3 is 6.09 Å². The van der Waals surface area contributed by atoms with Crippen LogP contribution in [0.15, 0.2) is 16.7 Å². The first-order chi connectivity index (χ1) is 13.1. The molecule has 1 amide bonds. The van der Waals surface area contributed by atoms with Crippen molar-refractivity contribution in [3.63, 3.8) is 0 Å². The van der Waals surface area contributed by atoms with Crippen LogP contribution in [-0.2, 0) is 14.6 Å². The van der Waals surface area contributed by atoms with E-state index in [9.17, 15) is 4.79 Å². The van der Waals surface area contributed by atoms with E-state index in [1.54, 1.807) is 11.1 Å². The van der Waals surface area contributed by atoms with Crippen LogP contribution in [-0.4, -0.2) is 38.1 Å². The molecule has 29 heavy (non-hydrogen) atoms. The second-order valence-electron chi connectivity index (χ2n) is 10.6. The van der Waals surface area contributed by atoms with Gasteiger partial charge in [-0.3, -0.25) is 4.90 Å². The molecule has 0 saturated heterocycles. The van der Waals surface area contributed by atoms with Crippen molar-refractivity contribution < 1.29 is 14.0 Å². The predicted octanol–water partition coefficient (Wildman–Crippen LogP) is 6.66. The fourth-order valence-corrected chi connectivity index (χ4v) is 4.76. The summed E-state index contributed by atoms with van der Waals surface area (Å²) in [5.41, 5.74) is 0.361. The Morgan fingerprint density at radius 3 is 2.41 bits per heavy atom. The summed E-state index contributed by atoms with van der Waals surface area (Å²) in [5, 5.41) is 0.174. The lowest BCUT2D eigenvalue weighted by Gasteiger charge is -2.38. The van der Waals surface area contributed by atoms with Crippen molar-refractivity contribution in [1.82, 2.24) is 4.98 Å². The highest BCUT2D eigenvalue weighted by Crippen LogP contribution is 2.46. The zero-order valence-corrected chi connectivity index (χ0v) is 22.1. The molecule has 0 aliphatic carbocycles. The van der Waals surface area contributed by atoms with Gasteiger partial charge in [0.1, 0.15) is 11.4 Å². The number of hydrogen-bond acceptors (Lipinski definition) is 4. The van der Waals surface area contributed by atoms with Gasteiger partial charge in [-0.05, 0) is 73.7 Å². The van der Waals surface area contributed by atoms with Gasteiger partial charge in [-0.25, -0.2) is 9.78 Å². The van der Waals surface area contributed by atoms with E-state index in [4.69, 9.17) is 9.16 Å². The highest BCUT2D eigenvalue weighted by molar-refractivity contribution is 9.10. The van der Waals surface area contributed by atoms with E-state index in [0.29, 0.717) is 19.0 Å². The second-order valence-corrected chi connectivity index (χ2v) is 16.3. The van der Waals surface area contributed by atoms with E-state index in [1.165, 1.54) is 0 Å². The molecule has 0 fully saturated rings. The summed E-state index contributed by atoms with van der Waals surface area (Å²) in [6.07, 6.45) is 3.15. The SMILES string of the molecule is CCC1(CCO[Si](C)(C)C(C)(C)C)CN(C(=O)OC(C)(C)C)c2ncc(Br)cc21. The Bertz CT molecular complexity index is 755. The number of aromatic nitrogens is 1. The van der Waals surface area contributed by atoms with Crippen LogP contribution < -0.4 is 4.90 Å². The number of carbonyl (C=O) groups excluding carboxylic acids is 1. The molecule has 1 atom stereocenters. The van der Waals surface area contributed by atoms with Gasteiger partial charge in [-0.2, -0.15) is 0 Å². The number of nitrogens with zero attached hydrogens (tertiary/aromatic N) is 2. The van der Waals surface area contributed by atoms with Crippen LogP contribution in [0.4, 0.5) is 10.6 Å². The van der Waals surface area contributed by atoms with Gasteiger partial charge in [0.2, 0.25) is 0 Å². The number of pyridine rings is 1. The normalized spacial score (nSPS) is 20.0. The third kappa shape index (κ3) is 5.41. The molecule has 0 spiro atoms. The number of halogens is 1. The van der Waals surface area contributed by atoms with Gasteiger partial charge in [0.25, 0.3) is 0 Å². The predicted molar refractivity (Wildman–Crippen MR) is 125 cm³/mol. The molecule has 1 aliphatic rings. The molecule has 0 N–H and O–H groups in total. The Morgan fingerprint density at radius 2 is 1.90 bits per heavy atom. The third-order valence-electron chi connectivity index (χ3n) is 6.26. The first kappa shape index (κ1) is 24.3. The minimum Gasteiger partial charge on any atom is -0.443 e. The maximum absolute atomic E-state index is 12.9. The fraction of sp³-hybridized carbons (Fsp3) is 0.727. The van der Waals surface area contributed by atoms with Gasteiger partial charge in [0.05, 0.1) is 0 Å². The minimum absolute atomic E-state index is 0.174. The summed E-state index contributed by atoms with van der Waals surface area (Å²) in [4.78, 5) is 19.2. The highest BCUT2D eigenvalue weighted by Gasteiger charge is 2.46. The van der Waals surface area contributed by atoms with Gasteiger partial charge in [-0.1, -0.05) is 27.7 Å². The van der Waals surface area contributed by atoms with E-state index in [2.05, 4.69) is 67.8 Å². The Labute approximate surface area is 185 Å². The van der Waals surface area contributed by atoms with Crippen LogP contribution in [0.2, 0.25) is 18.1 Å². The Morgan fingerprint density at radius 1 is 1.28 bits per heavy atom. The number of anilines is 1. The lowest BCUT2D eigenvalue weighted by molar-refractivity contribution is 0.0574. The molecule has 7 heteroatoms. The number of hydrogen-bond donors (Lipinski definition) is 0. The molecule has 1 unspecified atom stereocenters. The zero-order chi connectivity index (χ0) is 22.3. The molecule has 2 heterocycles. The van der Waals surface area contributed by atoms with Crippen molar-refractivity contribution in [1.29, 1.82) is 0 Å². The molecule has 1 aromatic rings. The molecule has 0 saturated carbocycles. The van der Waals surface area contributed by atoms with E-state index in [0.717, 1.165) is 22.9 Å². The summed E-state index contributed by atoms with van der Waals surface area (Å²) >= 11 is 3.56. The summed E-state index contributed by atoms with van der Waals surface area (Å²) in [5.74, 6) is 0.705. The second kappa shape index (κ2) is 8.31. The molecular formula is C22H37BrN2O3Si.